The third-order valence-electron chi connectivity index (χ3n) is 9.63. The molecule has 4 aromatic rings. The summed E-state index contributed by atoms with van der Waals surface area (Å²) in [6, 6.07) is 26.7. The Balaban J connectivity index is 1.66. The first-order valence-corrected chi connectivity index (χ1v) is 19.6. The van der Waals surface area contributed by atoms with Crippen molar-refractivity contribution in [3.8, 4) is 23.0 Å². The Morgan fingerprint density at radius 2 is 0.580 bits per heavy atom. The first kappa shape index (κ1) is 37.3. The smallest absolute Gasteiger partial charge is 0.126 e. The predicted octanol–water partition coefficient (Wildman–Crippen LogP) is 11.9. The highest BCUT2D eigenvalue weighted by Gasteiger charge is 2.21. The van der Waals surface area contributed by atoms with Crippen LogP contribution in [0.15, 0.2) is 72.8 Å². The molecule has 1 aliphatic carbocycles. The number of para-hydroxylation sites is 4. The van der Waals surface area contributed by atoms with Crippen LogP contribution < -0.4 is 18.9 Å². The summed E-state index contributed by atoms with van der Waals surface area (Å²) in [5, 5.41) is 0. The fraction of sp³-hybridized carbons (Fsp3) is 0.478. The summed E-state index contributed by atoms with van der Waals surface area (Å²) < 4.78 is 26.8. The number of hydrogen-bond acceptors (Lipinski definition) is 4. The number of fused-ring (bicyclic) bond motifs is 8. The van der Waals surface area contributed by atoms with Crippen LogP contribution in [0.3, 0.4) is 0 Å². The molecule has 0 heterocycles. The summed E-state index contributed by atoms with van der Waals surface area (Å²) in [6.45, 7) is 11.7. The number of hydrogen-bond donors (Lipinski definition) is 0. The van der Waals surface area contributed by atoms with Crippen molar-refractivity contribution in [3.05, 3.63) is 117 Å². The lowest BCUT2D eigenvalue weighted by molar-refractivity contribution is 0.296. The van der Waals surface area contributed by atoms with Crippen LogP contribution in [-0.2, 0) is 25.7 Å². The molecule has 0 radical (unpaired) electrons. The van der Waals surface area contributed by atoms with E-state index < -0.39 is 0 Å². The van der Waals surface area contributed by atoms with E-state index in [-0.39, 0.29) is 0 Å². The van der Waals surface area contributed by atoms with Crippen molar-refractivity contribution in [2.45, 2.75) is 118 Å². The van der Waals surface area contributed by atoms with Gasteiger partial charge in [0.05, 0.1) is 26.4 Å². The van der Waals surface area contributed by atoms with Crippen LogP contribution in [0.25, 0.3) is 0 Å². The predicted molar refractivity (Wildman–Crippen MR) is 208 cm³/mol. The van der Waals surface area contributed by atoms with Gasteiger partial charge < -0.3 is 18.9 Å². The van der Waals surface area contributed by atoms with Gasteiger partial charge in [0.15, 0.2) is 0 Å². The molecule has 0 unspecified atom stereocenters. The van der Waals surface area contributed by atoms with Gasteiger partial charge in [-0.1, -0.05) is 139 Å². The van der Waals surface area contributed by atoms with Crippen LogP contribution in [0.2, 0.25) is 0 Å². The van der Waals surface area contributed by atoms with E-state index in [9.17, 15) is 0 Å². The molecular weight excluding hydrogens is 617 g/mol. The van der Waals surface area contributed by atoms with Gasteiger partial charge >= 0.3 is 0 Å². The molecule has 0 N–H and O–H groups in total. The molecule has 0 saturated heterocycles. The first-order chi connectivity index (χ1) is 24.7. The molecule has 268 valence electrons. The molecule has 0 amide bonds. The second kappa shape index (κ2) is 20.1. The third-order valence-corrected chi connectivity index (χ3v) is 9.63. The maximum Gasteiger partial charge on any atom is 0.126 e. The SMILES string of the molecule is CCCCCCOc1c2cccc1Cc1cccc(c1OCCCCCC)Cc1cccc(c1OCCC)Cc1cccc(c1OCCC)C2. The zero-order valence-corrected chi connectivity index (χ0v) is 31.3. The number of rotatable bonds is 18. The van der Waals surface area contributed by atoms with Gasteiger partial charge in [0.2, 0.25) is 0 Å². The molecule has 0 aromatic heterocycles. The molecule has 4 heteroatoms. The molecule has 8 bridgehead atoms. The molecule has 0 aliphatic heterocycles. The number of benzene rings is 4. The fourth-order valence-corrected chi connectivity index (χ4v) is 7.04. The van der Waals surface area contributed by atoms with E-state index in [1.54, 1.807) is 0 Å². The Kier molecular flexibility index (Phi) is 15.0. The van der Waals surface area contributed by atoms with E-state index in [0.29, 0.717) is 13.2 Å². The first-order valence-electron chi connectivity index (χ1n) is 19.6. The summed E-state index contributed by atoms with van der Waals surface area (Å²) in [5.74, 6) is 4.03. The van der Waals surface area contributed by atoms with E-state index in [4.69, 9.17) is 18.9 Å². The minimum atomic E-state index is 0.680. The third kappa shape index (κ3) is 10.1. The van der Waals surface area contributed by atoms with Gasteiger partial charge in [0.25, 0.3) is 0 Å². The molecule has 0 spiro atoms. The van der Waals surface area contributed by atoms with Crippen LogP contribution in [-0.4, -0.2) is 26.4 Å². The summed E-state index contributed by atoms with van der Waals surface area (Å²) >= 11 is 0. The van der Waals surface area contributed by atoms with Gasteiger partial charge in [-0.05, 0) is 70.2 Å². The molecular formula is C46H60O4. The van der Waals surface area contributed by atoms with Gasteiger partial charge in [-0.15, -0.1) is 0 Å². The Morgan fingerprint density at radius 3 is 0.820 bits per heavy atom. The van der Waals surface area contributed by atoms with Crippen molar-refractivity contribution < 1.29 is 18.9 Å². The van der Waals surface area contributed by atoms with E-state index in [1.807, 2.05) is 0 Å². The second-order valence-electron chi connectivity index (χ2n) is 13.8. The summed E-state index contributed by atoms with van der Waals surface area (Å²) in [7, 11) is 0. The summed E-state index contributed by atoms with van der Waals surface area (Å²) in [6.07, 6.45) is 14.3. The minimum absolute atomic E-state index is 0.680. The van der Waals surface area contributed by atoms with E-state index in [1.165, 1.54) is 83.0 Å². The van der Waals surface area contributed by atoms with Crippen LogP contribution in [0.1, 0.15) is 136 Å². The van der Waals surface area contributed by atoms with Crippen molar-refractivity contribution in [1.29, 1.82) is 0 Å². The number of ether oxygens (including phenoxy) is 4. The average molecular weight is 677 g/mol. The van der Waals surface area contributed by atoms with E-state index in [2.05, 4.69) is 100 Å². The molecule has 0 atom stereocenters. The highest BCUT2D eigenvalue weighted by Crippen LogP contribution is 2.39. The van der Waals surface area contributed by atoms with Crippen molar-refractivity contribution in [2.24, 2.45) is 0 Å². The lowest BCUT2D eigenvalue weighted by atomic mass is 9.91. The van der Waals surface area contributed by atoms with Crippen molar-refractivity contribution in [1.82, 2.24) is 0 Å². The van der Waals surface area contributed by atoms with Crippen molar-refractivity contribution in [3.63, 3.8) is 0 Å². The molecule has 1 aliphatic rings. The molecule has 50 heavy (non-hydrogen) atoms. The van der Waals surface area contributed by atoms with E-state index >= 15 is 0 Å². The standard InChI is InChI=1S/C46H60O4/c1-5-9-11-13-29-49-45-39-23-17-25-41(45)34-42-26-18-24-40(46(42)50-30-14-12-10-6-2)33-38-22-16-20-36(44(38)48-28-8-4)31-35-19-15-21-37(32-39)43(35)47-27-7-3/h15-26H,5-14,27-34H2,1-4H3. The van der Waals surface area contributed by atoms with Crippen LogP contribution >= 0.6 is 0 Å². The normalized spacial score (nSPS) is 12.4. The summed E-state index contributed by atoms with van der Waals surface area (Å²) in [5.41, 5.74) is 9.60. The Morgan fingerprint density at radius 1 is 0.320 bits per heavy atom. The van der Waals surface area contributed by atoms with E-state index in [0.717, 1.165) is 87.6 Å². The van der Waals surface area contributed by atoms with Crippen LogP contribution in [0.5, 0.6) is 23.0 Å². The molecule has 0 fully saturated rings. The highest BCUT2D eigenvalue weighted by atomic mass is 16.5. The largest absolute Gasteiger partial charge is 0.493 e. The molecule has 5 rings (SSSR count). The van der Waals surface area contributed by atoms with Gasteiger partial charge in [0, 0.05) is 25.7 Å². The maximum atomic E-state index is 6.78. The van der Waals surface area contributed by atoms with Crippen LogP contribution in [0, 0.1) is 0 Å². The maximum absolute atomic E-state index is 6.78. The quantitative estimate of drug-likeness (QED) is 0.0866. The Bertz CT molecular complexity index is 1500. The lowest BCUT2D eigenvalue weighted by Crippen LogP contribution is -2.10. The van der Waals surface area contributed by atoms with Crippen molar-refractivity contribution in [2.75, 3.05) is 26.4 Å². The average Bonchev–Trinajstić information content (AvgIpc) is 3.12. The topological polar surface area (TPSA) is 36.9 Å². The van der Waals surface area contributed by atoms with Gasteiger partial charge in [-0.25, -0.2) is 0 Å². The summed E-state index contributed by atoms with van der Waals surface area (Å²) in [4.78, 5) is 0. The molecule has 4 aromatic carbocycles. The van der Waals surface area contributed by atoms with Gasteiger partial charge in [0.1, 0.15) is 23.0 Å². The number of unbranched alkanes of at least 4 members (excludes halogenated alkanes) is 6. The van der Waals surface area contributed by atoms with Crippen molar-refractivity contribution >= 4 is 0 Å². The zero-order valence-electron chi connectivity index (χ0n) is 31.3. The van der Waals surface area contributed by atoms with Crippen LogP contribution in [0.4, 0.5) is 0 Å². The second-order valence-corrected chi connectivity index (χ2v) is 13.8. The molecule has 4 nitrogen and oxygen atoms in total. The zero-order chi connectivity index (χ0) is 35.0. The molecule has 0 saturated carbocycles. The minimum Gasteiger partial charge on any atom is -0.493 e. The fourth-order valence-electron chi connectivity index (χ4n) is 7.04. The van der Waals surface area contributed by atoms with Gasteiger partial charge in [-0.2, -0.15) is 0 Å². The monoisotopic (exact) mass is 676 g/mol. The Hall–Kier alpha value is -3.92. The lowest BCUT2D eigenvalue weighted by Gasteiger charge is -2.23. The Labute approximate surface area is 302 Å². The highest BCUT2D eigenvalue weighted by molar-refractivity contribution is 5.56. The van der Waals surface area contributed by atoms with Gasteiger partial charge in [-0.3, -0.25) is 0 Å².